The second-order valence-corrected chi connectivity index (χ2v) is 7.74. The maximum atomic E-state index is 13.1. The lowest BCUT2D eigenvalue weighted by atomic mass is 10.1. The third kappa shape index (κ3) is 3.70. The molecule has 0 saturated carbocycles. The van der Waals surface area contributed by atoms with Crippen molar-refractivity contribution in [3.05, 3.63) is 63.2 Å². The molecule has 3 aromatic rings. The Hall–Kier alpha value is -2.01. The third-order valence-electron chi connectivity index (χ3n) is 4.64. The number of nitrogens with zero attached hydrogens (tertiary/aromatic N) is 2. The number of carbonyl (C=O) groups excluding carboxylic acids is 1. The summed E-state index contributed by atoms with van der Waals surface area (Å²) < 4.78 is 0. The SMILES string of the molecule is O=C(c1cnc2ccc(Cl)cc2c1Nc1cc(Cl)ccc1Cl)N1CCCC1. The summed E-state index contributed by atoms with van der Waals surface area (Å²) in [5.74, 6) is -0.0532. The molecule has 7 heteroatoms. The van der Waals surface area contributed by atoms with Crippen molar-refractivity contribution in [3.63, 3.8) is 0 Å². The second-order valence-electron chi connectivity index (χ2n) is 6.46. The van der Waals surface area contributed by atoms with Crippen LogP contribution in [0.4, 0.5) is 11.4 Å². The maximum Gasteiger partial charge on any atom is 0.257 e. The number of halogens is 3. The van der Waals surface area contributed by atoms with E-state index in [1.807, 2.05) is 11.0 Å². The Morgan fingerprint density at radius 1 is 1.00 bits per heavy atom. The van der Waals surface area contributed by atoms with E-state index in [1.54, 1.807) is 36.5 Å². The number of likely N-dealkylation sites (tertiary alicyclic amines) is 1. The van der Waals surface area contributed by atoms with Crippen molar-refractivity contribution in [1.29, 1.82) is 0 Å². The highest BCUT2D eigenvalue weighted by atomic mass is 35.5. The number of aromatic nitrogens is 1. The molecule has 0 spiro atoms. The minimum atomic E-state index is -0.0532. The number of carbonyl (C=O) groups is 1. The van der Waals surface area contributed by atoms with E-state index in [4.69, 9.17) is 34.8 Å². The average molecular weight is 421 g/mol. The van der Waals surface area contributed by atoms with Crippen LogP contribution in [0.15, 0.2) is 42.6 Å². The largest absolute Gasteiger partial charge is 0.353 e. The van der Waals surface area contributed by atoms with Crippen LogP contribution in [0.25, 0.3) is 10.9 Å². The Labute approximate surface area is 172 Å². The van der Waals surface area contributed by atoms with Crippen molar-refractivity contribution >= 4 is 63.0 Å². The summed E-state index contributed by atoms with van der Waals surface area (Å²) in [6, 6.07) is 10.6. The lowest BCUT2D eigenvalue weighted by Gasteiger charge is -2.20. The monoisotopic (exact) mass is 419 g/mol. The molecule has 1 aromatic heterocycles. The van der Waals surface area contributed by atoms with Crippen LogP contribution in [0.1, 0.15) is 23.2 Å². The predicted molar refractivity (Wildman–Crippen MR) is 112 cm³/mol. The number of fused-ring (bicyclic) bond motifs is 1. The fraction of sp³-hybridized carbons (Fsp3) is 0.200. The number of hydrogen-bond donors (Lipinski definition) is 1. The Morgan fingerprint density at radius 2 is 1.70 bits per heavy atom. The summed E-state index contributed by atoms with van der Waals surface area (Å²) in [6.45, 7) is 1.51. The number of benzene rings is 2. The zero-order valence-electron chi connectivity index (χ0n) is 14.3. The van der Waals surface area contributed by atoms with Crippen LogP contribution in [0.3, 0.4) is 0 Å². The second kappa shape index (κ2) is 7.55. The Kier molecular flexibility index (Phi) is 5.13. The highest BCUT2D eigenvalue weighted by Gasteiger charge is 2.24. The molecule has 2 aromatic carbocycles. The van der Waals surface area contributed by atoms with Gasteiger partial charge >= 0.3 is 0 Å². The van der Waals surface area contributed by atoms with Crippen molar-refractivity contribution in [3.8, 4) is 0 Å². The van der Waals surface area contributed by atoms with Gasteiger partial charge in [0, 0.05) is 34.7 Å². The van der Waals surface area contributed by atoms with Crippen molar-refractivity contribution in [2.24, 2.45) is 0 Å². The minimum absolute atomic E-state index is 0.0532. The molecule has 1 fully saturated rings. The number of hydrogen-bond acceptors (Lipinski definition) is 3. The topological polar surface area (TPSA) is 45.2 Å². The van der Waals surface area contributed by atoms with Crippen molar-refractivity contribution in [1.82, 2.24) is 9.88 Å². The van der Waals surface area contributed by atoms with Gasteiger partial charge in [-0.05, 0) is 49.2 Å². The molecular formula is C20H16Cl3N3O. The van der Waals surface area contributed by atoms with E-state index < -0.39 is 0 Å². The quantitative estimate of drug-likeness (QED) is 0.550. The number of anilines is 2. The minimum Gasteiger partial charge on any atom is -0.353 e. The standard InChI is InChI=1S/C20H16Cl3N3O/c21-12-4-6-17-14(9-12)19(25-18-10-13(22)3-5-16(18)23)15(11-24-17)20(27)26-7-1-2-8-26/h3-6,9-11H,1-2,7-8H2,(H,24,25). The van der Waals surface area contributed by atoms with Crippen LogP contribution in [-0.2, 0) is 0 Å². The number of nitrogens with one attached hydrogen (secondary N) is 1. The molecule has 4 rings (SSSR count). The van der Waals surface area contributed by atoms with Crippen LogP contribution in [0.2, 0.25) is 15.1 Å². The van der Waals surface area contributed by atoms with E-state index in [2.05, 4.69) is 10.3 Å². The van der Waals surface area contributed by atoms with Crippen molar-refractivity contribution in [2.45, 2.75) is 12.8 Å². The average Bonchev–Trinajstić information content (AvgIpc) is 3.19. The third-order valence-corrected chi connectivity index (χ3v) is 5.44. The van der Waals surface area contributed by atoms with Gasteiger partial charge in [0.1, 0.15) is 0 Å². The van der Waals surface area contributed by atoms with Crippen molar-refractivity contribution < 1.29 is 4.79 Å². The van der Waals surface area contributed by atoms with Gasteiger partial charge in [-0.1, -0.05) is 34.8 Å². The Balaban J connectivity index is 1.88. The molecule has 1 N–H and O–H groups in total. The summed E-state index contributed by atoms with van der Waals surface area (Å²) in [5.41, 5.74) is 2.47. The van der Waals surface area contributed by atoms with Gasteiger partial charge in [0.15, 0.2) is 0 Å². The summed E-state index contributed by atoms with van der Waals surface area (Å²) in [4.78, 5) is 19.4. The normalized spacial score (nSPS) is 14.0. The molecule has 2 heterocycles. The zero-order chi connectivity index (χ0) is 19.0. The van der Waals surface area contributed by atoms with Gasteiger partial charge in [0.25, 0.3) is 5.91 Å². The summed E-state index contributed by atoms with van der Waals surface area (Å²) in [6.07, 6.45) is 3.64. The van der Waals surface area contributed by atoms with Crippen molar-refractivity contribution in [2.75, 3.05) is 18.4 Å². The number of pyridine rings is 1. The van der Waals surface area contributed by atoms with E-state index >= 15 is 0 Å². The Morgan fingerprint density at radius 3 is 2.48 bits per heavy atom. The summed E-state index contributed by atoms with van der Waals surface area (Å²) >= 11 is 18.7. The van der Waals surface area contributed by atoms with Crippen LogP contribution >= 0.6 is 34.8 Å². The first kappa shape index (κ1) is 18.4. The lowest BCUT2D eigenvalue weighted by Crippen LogP contribution is -2.28. The number of rotatable bonds is 3. The summed E-state index contributed by atoms with van der Waals surface area (Å²) in [5, 5.41) is 5.66. The molecule has 1 amide bonds. The van der Waals surface area contributed by atoms with Gasteiger partial charge in [0.2, 0.25) is 0 Å². The predicted octanol–water partition coefficient (Wildman–Crippen LogP) is 6.17. The van der Waals surface area contributed by atoms with Gasteiger partial charge in [-0.3, -0.25) is 9.78 Å². The highest BCUT2D eigenvalue weighted by Crippen LogP contribution is 2.35. The molecule has 138 valence electrons. The smallest absolute Gasteiger partial charge is 0.257 e. The zero-order valence-corrected chi connectivity index (χ0v) is 16.6. The van der Waals surface area contributed by atoms with Crippen LogP contribution in [0.5, 0.6) is 0 Å². The molecule has 0 radical (unpaired) electrons. The molecule has 0 aliphatic carbocycles. The van der Waals surface area contributed by atoms with Gasteiger partial charge < -0.3 is 10.2 Å². The van der Waals surface area contributed by atoms with Gasteiger partial charge in [0.05, 0.1) is 27.5 Å². The van der Waals surface area contributed by atoms with Crippen LogP contribution < -0.4 is 5.32 Å². The molecule has 0 atom stereocenters. The van der Waals surface area contributed by atoms with E-state index in [9.17, 15) is 4.79 Å². The molecule has 0 unspecified atom stereocenters. The molecule has 0 bridgehead atoms. The van der Waals surface area contributed by atoms with E-state index in [0.717, 1.165) is 36.8 Å². The van der Waals surface area contributed by atoms with Crippen LogP contribution in [-0.4, -0.2) is 28.9 Å². The van der Waals surface area contributed by atoms with E-state index in [1.165, 1.54) is 0 Å². The van der Waals surface area contributed by atoms with E-state index in [0.29, 0.717) is 32.0 Å². The van der Waals surface area contributed by atoms with Crippen LogP contribution in [0, 0.1) is 0 Å². The fourth-order valence-corrected chi connectivity index (χ4v) is 3.79. The van der Waals surface area contributed by atoms with Gasteiger partial charge in [-0.15, -0.1) is 0 Å². The fourth-order valence-electron chi connectivity index (χ4n) is 3.28. The van der Waals surface area contributed by atoms with E-state index in [-0.39, 0.29) is 5.91 Å². The van der Waals surface area contributed by atoms with Gasteiger partial charge in [-0.25, -0.2) is 0 Å². The lowest BCUT2D eigenvalue weighted by molar-refractivity contribution is 0.0793. The molecular weight excluding hydrogens is 405 g/mol. The van der Waals surface area contributed by atoms with Gasteiger partial charge in [-0.2, -0.15) is 0 Å². The molecule has 27 heavy (non-hydrogen) atoms. The Bertz CT molecular complexity index is 1030. The summed E-state index contributed by atoms with van der Waals surface area (Å²) in [7, 11) is 0. The molecule has 1 saturated heterocycles. The number of amides is 1. The maximum absolute atomic E-state index is 13.1. The first-order valence-electron chi connectivity index (χ1n) is 8.62. The molecule has 4 nitrogen and oxygen atoms in total. The molecule has 1 aliphatic rings. The highest BCUT2D eigenvalue weighted by molar-refractivity contribution is 6.35. The molecule has 1 aliphatic heterocycles. The first-order valence-corrected chi connectivity index (χ1v) is 9.76. The first-order chi connectivity index (χ1) is 13.0.